The fraction of sp³-hybridized carbons (Fsp3) is 0.692. The van der Waals surface area contributed by atoms with E-state index < -0.39 is 5.97 Å². The molecule has 1 aromatic carbocycles. The van der Waals surface area contributed by atoms with E-state index in [2.05, 4.69) is 34.1 Å². The van der Waals surface area contributed by atoms with Gasteiger partial charge in [-0.2, -0.15) is 0 Å². The molecular formula is C26H40N4O5. The summed E-state index contributed by atoms with van der Waals surface area (Å²) in [7, 11) is 0. The minimum atomic E-state index is -0.750. The highest BCUT2D eigenvalue weighted by atomic mass is 16.5. The Hall–Kier alpha value is -2.36. The molecule has 3 fully saturated rings. The van der Waals surface area contributed by atoms with E-state index in [-0.39, 0.29) is 24.3 Å². The zero-order chi connectivity index (χ0) is 24.5. The summed E-state index contributed by atoms with van der Waals surface area (Å²) in [6.45, 7) is 9.91. The number of morpholine rings is 2. The van der Waals surface area contributed by atoms with Crippen LogP contribution in [0.2, 0.25) is 0 Å². The summed E-state index contributed by atoms with van der Waals surface area (Å²) in [6.07, 6.45) is 1.78. The lowest BCUT2D eigenvalue weighted by Gasteiger charge is -2.41. The molecule has 0 radical (unpaired) electrons. The predicted molar refractivity (Wildman–Crippen MR) is 134 cm³/mol. The summed E-state index contributed by atoms with van der Waals surface area (Å²) < 4.78 is 10.9. The standard InChI is InChI=1S/C26H40N4O5/c31-25(32)20-22-6-9-30(26(33)29-14-18-35-19-15-29)21-23(22)7-8-28(24-4-2-1-3-5-24)11-10-27-12-16-34-17-13-27/h1-5,22-23H,6-21H2,(H,31,32)/t22-,23+/m0/s1. The topological polar surface area (TPSA) is 85.8 Å². The van der Waals surface area contributed by atoms with Crippen molar-refractivity contribution in [3.63, 3.8) is 0 Å². The number of urea groups is 1. The summed E-state index contributed by atoms with van der Waals surface area (Å²) in [5, 5.41) is 9.52. The van der Waals surface area contributed by atoms with Crippen molar-refractivity contribution in [2.24, 2.45) is 11.8 Å². The number of ether oxygens (including phenoxy) is 2. The van der Waals surface area contributed by atoms with Gasteiger partial charge in [0, 0.05) is 71.0 Å². The van der Waals surface area contributed by atoms with Crippen molar-refractivity contribution in [1.29, 1.82) is 0 Å². The molecule has 0 unspecified atom stereocenters. The molecule has 35 heavy (non-hydrogen) atoms. The number of hydrogen-bond donors (Lipinski definition) is 1. The zero-order valence-corrected chi connectivity index (χ0v) is 20.7. The number of aliphatic carboxylic acids is 1. The van der Waals surface area contributed by atoms with Crippen molar-refractivity contribution in [2.45, 2.75) is 19.3 Å². The first-order chi connectivity index (χ1) is 17.1. The van der Waals surface area contributed by atoms with Crippen LogP contribution in [0.25, 0.3) is 0 Å². The fourth-order valence-corrected chi connectivity index (χ4v) is 5.45. The molecule has 2 atom stereocenters. The molecule has 0 bridgehead atoms. The monoisotopic (exact) mass is 488 g/mol. The second-order valence-electron chi connectivity index (χ2n) is 9.80. The van der Waals surface area contributed by atoms with Crippen LogP contribution in [0.4, 0.5) is 10.5 Å². The predicted octanol–water partition coefficient (Wildman–Crippen LogP) is 2.08. The Balaban J connectivity index is 1.40. The van der Waals surface area contributed by atoms with Gasteiger partial charge in [0.1, 0.15) is 0 Å². The Labute approximate surface area is 208 Å². The lowest BCUT2D eigenvalue weighted by Crippen LogP contribution is -2.53. The van der Waals surface area contributed by atoms with E-state index in [9.17, 15) is 14.7 Å². The van der Waals surface area contributed by atoms with Crippen LogP contribution in [0.5, 0.6) is 0 Å². The molecule has 3 heterocycles. The quantitative estimate of drug-likeness (QED) is 0.570. The minimum absolute atomic E-state index is 0.0688. The van der Waals surface area contributed by atoms with Crippen molar-refractivity contribution < 1.29 is 24.2 Å². The lowest BCUT2D eigenvalue weighted by molar-refractivity contribution is -0.139. The molecule has 1 aromatic rings. The number of rotatable bonds is 9. The number of likely N-dealkylation sites (tertiary alicyclic amines) is 1. The molecule has 0 saturated carbocycles. The number of nitrogens with zero attached hydrogens (tertiary/aromatic N) is 4. The van der Waals surface area contributed by atoms with Crippen molar-refractivity contribution in [2.75, 3.05) is 90.2 Å². The van der Waals surface area contributed by atoms with Crippen LogP contribution < -0.4 is 4.90 Å². The third-order valence-corrected chi connectivity index (χ3v) is 7.56. The summed E-state index contributed by atoms with van der Waals surface area (Å²) in [6, 6.07) is 10.5. The molecule has 9 nitrogen and oxygen atoms in total. The number of carboxylic acid groups (broad SMARTS) is 1. The van der Waals surface area contributed by atoms with Crippen LogP contribution in [-0.4, -0.2) is 117 Å². The number of carboxylic acids is 1. The third kappa shape index (κ3) is 7.56. The van der Waals surface area contributed by atoms with E-state index in [1.165, 1.54) is 5.69 Å². The van der Waals surface area contributed by atoms with E-state index >= 15 is 0 Å². The molecule has 2 amide bonds. The number of amides is 2. The van der Waals surface area contributed by atoms with Gasteiger partial charge >= 0.3 is 12.0 Å². The largest absolute Gasteiger partial charge is 0.481 e. The Kier molecular flexibility index (Phi) is 9.62. The normalized spacial score (nSPS) is 23.8. The molecule has 4 rings (SSSR count). The molecule has 3 aliphatic heterocycles. The van der Waals surface area contributed by atoms with Crippen molar-refractivity contribution >= 4 is 17.7 Å². The van der Waals surface area contributed by atoms with Gasteiger partial charge in [-0.05, 0) is 36.8 Å². The number of hydrogen-bond acceptors (Lipinski definition) is 6. The maximum Gasteiger partial charge on any atom is 0.320 e. The summed E-state index contributed by atoms with van der Waals surface area (Å²) >= 11 is 0. The molecule has 9 heteroatoms. The van der Waals surface area contributed by atoms with Gasteiger partial charge in [0.25, 0.3) is 0 Å². The highest BCUT2D eigenvalue weighted by Gasteiger charge is 2.34. The Morgan fingerprint density at radius 1 is 0.886 bits per heavy atom. The molecule has 1 N–H and O–H groups in total. The van der Waals surface area contributed by atoms with E-state index in [1.54, 1.807) is 0 Å². The van der Waals surface area contributed by atoms with Crippen LogP contribution >= 0.6 is 0 Å². The van der Waals surface area contributed by atoms with Crippen LogP contribution in [0, 0.1) is 11.8 Å². The molecular weight excluding hydrogens is 448 g/mol. The van der Waals surface area contributed by atoms with Gasteiger partial charge in [0.05, 0.1) is 26.4 Å². The van der Waals surface area contributed by atoms with Crippen LogP contribution in [0.15, 0.2) is 30.3 Å². The highest BCUT2D eigenvalue weighted by Crippen LogP contribution is 2.31. The number of anilines is 1. The highest BCUT2D eigenvalue weighted by molar-refractivity contribution is 5.74. The molecule has 0 spiro atoms. The SMILES string of the molecule is O=C(O)C[C@@H]1CCN(C(=O)N2CCOCC2)C[C@H]1CCN(CCN1CCOCC1)c1ccccc1. The summed E-state index contributed by atoms with van der Waals surface area (Å²) in [5.41, 5.74) is 1.19. The molecule has 194 valence electrons. The van der Waals surface area contributed by atoms with Gasteiger partial charge in [-0.25, -0.2) is 4.79 Å². The van der Waals surface area contributed by atoms with Crippen LogP contribution in [0.1, 0.15) is 19.3 Å². The first-order valence-electron chi connectivity index (χ1n) is 13.0. The lowest BCUT2D eigenvalue weighted by atomic mass is 9.81. The third-order valence-electron chi connectivity index (χ3n) is 7.56. The number of piperidine rings is 1. The second kappa shape index (κ2) is 13.1. The van der Waals surface area contributed by atoms with Crippen molar-refractivity contribution in [3.8, 4) is 0 Å². The van der Waals surface area contributed by atoms with Crippen molar-refractivity contribution in [1.82, 2.24) is 14.7 Å². The zero-order valence-electron chi connectivity index (χ0n) is 20.7. The van der Waals surface area contributed by atoms with E-state index in [0.717, 1.165) is 58.8 Å². The Morgan fingerprint density at radius 3 is 2.26 bits per heavy atom. The maximum absolute atomic E-state index is 13.1. The first-order valence-corrected chi connectivity index (χ1v) is 13.0. The number of benzene rings is 1. The Morgan fingerprint density at radius 2 is 1.57 bits per heavy atom. The smallest absolute Gasteiger partial charge is 0.320 e. The van der Waals surface area contributed by atoms with E-state index in [1.807, 2.05) is 15.9 Å². The van der Waals surface area contributed by atoms with Crippen LogP contribution in [0.3, 0.4) is 0 Å². The molecule has 0 aliphatic carbocycles. The first kappa shape index (κ1) is 25.7. The van der Waals surface area contributed by atoms with E-state index in [4.69, 9.17) is 9.47 Å². The fourth-order valence-electron chi connectivity index (χ4n) is 5.45. The summed E-state index contributed by atoms with van der Waals surface area (Å²) in [5.74, 6) is -0.488. The van der Waals surface area contributed by atoms with Gasteiger partial charge < -0.3 is 29.3 Å². The van der Waals surface area contributed by atoms with Gasteiger partial charge in [-0.3, -0.25) is 9.69 Å². The van der Waals surface area contributed by atoms with Gasteiger partial charge in [0.15, 0.2) is 0 Å². The van der Waals surface area contributed by atoms with Crippen LogP contribution in [-0.2, 0) is 14.3 Å². The number of carbonyl (C=O) groups excluding carboxylic acids is 1. The average Bonchev–Trinajstić information content (AvgIpc) is 2.90. The maximum atomic E-state index is 13.1. The van der Waals surface area contributed by atoms with E-state index in [0.29, 0.717) is 39.4 Å². The second-order valence-corrected chi connectivity index (χ2v) is 9.80. The van der Waals surface area contributed by atoms with Gasteiger partial charge in [-0.1, -0.05) is 18.2 Å². The molecule has 0 aromatic heterocycles. The summed E-state index contributed by atoms with van der Waals surface area (Å²) in [4.78, 5) is 33.4. The number of para-hydroxylation sites is 1. The van der Waals surface area contributed by atoms with Gasteiger partial charge in [-0.15, -0.1) is 0 Å². The average molecular weight is 489 g/mol. The minimum Gasteiger partial charge on any atom is -0.481 e. The van der Waals surface area contributed by atoms with Gasteiger partial charge in [0.2, 0.25) is 0 Å². The number of carbonyl (C=O) groups is 2. The molecule has 3 saturated heterocycles. The van der Waals surface area contributed by atoms with Crippen molar-refractivity contribution in [3.05, 3.63) is 30.3 Å². The molecule has 3 aliphatic rings. The Bertz CT molecular complexity index is 798.